The molecule has 2 aromatic heterocycles. The fraction of sp³-hybridized carbons (Fsp3) is 0.263. The van der Waals surface area contributed by atoms with Crippen LogP contribution in [0, 0.1) is 13.8 Å². The molecule has 6 nitrogen and oxygen atoms in total. The third-order valence-electron chi connectivity index (χ3n) is 4.05. The van der Waals surface area contributed by atoms with Gasteiger partial charge in [-0.15, -0.1) is 5.10 Å². The average molecular weight is 334 g/mol. The number of likely N-dealkylation sites (N-methyl/N-ethyl adjacent to an activating group) is 1. The van der Waals surface area contributed by atoms with Gasteiger partial charge in [0.25, 0.3) is 0 Å². The Kier molecular flexibility index (Phi) is 5.18. The highest BCUT2D eigenvalue weighted by Crippen LogP contribution is 2.20. The first-order valence-electron chi connectivity index (χ1n) is 8.26. The molecule has 0 fully saturated rings. The van der Waals surface area contributed by atoms with Crippen LogP contribution in [0.25, 0.3) is 0 Å². The van der Waals surface area contributed by atoms with Crippen molar-refractivity contribution in [3.05, 3.63) is 65.6 Å². The van der Waals surface area contributed by atoms with E-state index in [1.807, 2.05) is 37.6 Å². The number of nitrogens with one attached hydrogen (secondary N) is 1. The van der Waals surface area contributed by atoms with E-state index in [1.54, 1.807) is 6.20 Å². The molecule has 0 atom stereocenters. The van der Waals surface area contributed by atoms with Gasteiger partial charge in [0.15, 0.2) is 5.82 Å². The van der Waals surface area contributed by atoms with E-state index in [4.69, 9.17) is 0 Å². The van der Waals surface area contributed by atoms with Crippen LogP contribution in [0.3, 0.4) is 0 Å². The second kappa shape index (κ2) is 7.70. The van der Waals surface area contributed by atoms with Gasteiger partial charge in [-0.1, -0.05) is 17.7 Å². The van der Waals surface area contributed by atoms with Gasteiger partial charge >= 0.3 is 0 Å². The van der Waals surface area contributed by atoms with Crippen LogP contribution in [-0.4, -0.2) is 33.8 Å². The van der Waals surface area contributed by atoms with E-state index < -0.39 is 0 Å². The molecule has 128 valence electrons. The Hall–Kier alpha value is -3.02. The first kappa shape index (κ1) is 16.8. The van der Waals surface area contributed by atoms with Crippen molar-refractivity contribution >= 4 is 17.5 Å². The summed E-state index contributed by atoms with van der Waals surface area (Å²) in [5, 5.41) is 11.4. The molecule has 0 aliphatic heterocycles. The third kappa shape index (κ3) is 4.50. The van der Waals surface area contributed by atoms with E-state index in [-0.39, 0.29) is 0 Å². The van der Waals surface area contributed by atoms with Crippen molar-refractivity contribution in [3.8, 4) is 0 Å². The van der Waals surface area contributed by atoms with E-state index in [0.29, 0.717) is 5.95 Å². The molecule has 6 heteroatoms. The molecule has 0 amide bonds. The summed E-state index contributed by atoms with van der Waals surface area (Å²) >= 11 is 0. The number of rotatable bonds is 6. The van der Waals surface area contributed by atoms with Gasteiger partial charge in [-0.05, 0) is 49.6 Å². The maximum Gasteiger partial charge on any atom is 0.249 e. The van der Waals surface area contributed by atoms with E-state index in [9.17, 15) is 0 Å². The molecule has 0 bridgehead atoms. The molecule has 0 aliphatic rings. The number of nitrogens with zero attached hydrogens (tertiary/aromatic N) is 5. The Morgan fingerprint density at radius 3 is 2.64 bits per heavy atom. The van der Waals surface area contributed by atoms with E-state index in [1.165, 1.54) is 11.1 Å². The Balaban J connectivity index is 1.68. The smallest absolute Gasteiger partial charge is 0.249 e. The summed E-state index contributed by atoms with van der Waals surface area (Å²) in [5.74, 6) is 1.29. The van der Waals surface area contributed by atoms with Gasteiger partial charge < -0.3 is 10.2 Å². The second-order valence-corrected chi connectivity index (χ2v) is 6.11. The maximum absolute atomic E-state index is 4.57. The van der Waals surface area contributed by atoms with Crippen LogP contribution in [-0.2, 0) is 6.42 Å². The van der Waals surface area contributed by atoms with Gasteiger partial charge in [-0.3, -0.25) is 4.98 Å². The number of benzene rings is 1. The highest BCUT2D eigenvalue weighted by molar-refractivity contribution is 5.59. The van der Waals surface area contributed by atoms with Crippen LogP contribution >= 0.6 is 0 Å². The quantitative estimate of drug-likeness (QED) is 0.746. The third-order valence-corrected chi connectivity index (χ3v) is 4.05. The molecule has 0 unspecified atom stereocenters. The molecule has 3 aromatic rings. The number of hydrogen-bond donors (Lipinski definition) is 1. The molecule has 0 aliphatic carbocycles. The number of hydrogen-bond acceptors (Lipinski definition) is 6. The molecular formula is C19H22N6. The van der Waals surface area contributed by atoms with Crippen molar-refractivity contribution in [1.82, 2.24) is 20.2 Å². The number of aromatic nitrogens is 4. The molecule has 1 N–H and O–H groups in total. The Labute approximate surface area is 148 Å². The lowest BCUT2D eigenvalue weighted by Gasteiger charge is -2.18. The lowest BCUT2D eigenvalue weighted by molar-refractivity contribution is 0.840. The SMILES string of the molecule is Cc1ccc(Nc2nncc(N(C)CCc3ccncc3)n2)c(C)c1. The summed E-state index contributed by atoms with van der Waals surface area (Å²) in [5.41, 5.74) is 4.62. The molecule has 0 radical (unpaired) electrons. The lowest BCUT2D eigenvalue weighted by atomic mass is 10.1. The Morgan fingerprint density at radius 1 is 1.08 bits per heavy atom. The number of pyridine rings is 1. The van der Waals surface area contributed by atoms with Gasteiger partial charge in [0.2, 0.25) is 5.95 Å². The second-order valence-electron chi connectivity index (χ2n) is 6.11. The van der Waals surface area contributed by atoms with E-state index in [2.05, 4.69) is 56.4 Å². The lowest BCUT2D eigenvalue weighted by Crippen LogP contribution is -2.22. The zero-order valence-electron chi connectivity index (χ0n) is 14.8. The summed E-state index contributed by atoms with van der Waals surface area (Å²) in [7, 11) is 2.01. The first-order chi connectivity index (χ1) is 12.1. The van der Waals surface area contributed by atoms with Crippen LogP contribution in [0.4, 0.5) is 17.5 Å². The molecule has 1 aromatic carbocycles. The fourth-order valence-electron chi connectivity index (χ4n) is 2.57. The molecule has 25 heavy (non-hydrogen) atoms. The summed E-state index contributed by atoms with van der Waals surface area (Å²) in [4.78, 5) is 10.7. The average Bonchev–Trinajstić information content (AvgIpc) is 2.63. The van der Waals surface area contributed by atoms with Crippen LogP contribution < -0.4 is 10.2 Å². The van der Waals surface area contributed by atoms with Crippen LogP contribution in [0.15, 0.2) is 48.9 Å². The van der Waals surface area contributed by atoms with Crippen molar-refractivity contribution < 1.29 is 0 Å². The summed E-state index contributed by atoms with van der Waals surface area (Å²) < 4.78 is 0. The van der Waals surface area contributed by atoms with Gasteiger partial charge in [-0.25, -0.2) is 0 Å². The molecule has 2 heterocycles. The zero-order valence-corrected chi connectivity index (χ0v) is 14.8. The van der Waals surface area contributed by atoms with Crippen molar-refractivity contribution in [2.75, 3.05) is 23.8 Å². The fourth-order valence-corrected chi connectivity index (χ4v) is 2.57. The predicted molar refractivity (Wildman–Crippen MR) is 100 cm³/mol. The number of anilines is 3. The van der Waals surface area contributed by atoms with Crippen molar-refractivity contribution in [3.63, 3.8) is 0 Å². The molecule has 0 saturated carbocycles. The monoisotopic (exact) mass is 334 g/mol. The van der Waals surface area contributed by atoms with Crippen LogP contribution in [0.5, 0.6) is 0 Å². The van der Waals surface area contributed by atoms with Gasteiger partial charge in [-0.2, -0.15) is 10.1 Å². The molecule has 0 saturated heterocycles. The van der Waals surface area contributed by atoms with Crippen molar-refractivity contribution in [2.24, 2.45) is 0 Å². The molecule has 3 rings (SSSR count). The van der Waals surface area contributed by atoms with Crippen molar-refractivity contribution in [1.29, 1.82) is 0 Å². The van der Waals surface area contributed by atoms with Gasteiger partial charge in [0.05, 0.1) is 6.20 Å². The van der Waals surface area contributed by atoms with Gasteiger partial charge in [0.1, 0.15) is 0 Å². The van der Waals surface area contributed by atoms with Crippen LogP contribution in [0.1, 0.15) is 16.7 Å². The number of aryl methyl sites for hydroxylation is 2. The summed E-state index contributed by atoms with van der Waals surface area (Å²) in [6, 6.07) is 10.3. The maximum atomic E-state index is 4.57. The van der Waals surface area contributed by atoms with E-state index in [0.717, 1.165) is 30.0 Å². The minimum Gasteiger partial charge on any atom is -0.358 e. The Morgan fingerprint density at radius 2 is 1.88 bits per heavy atom. The summed E-state index contributed by atoms with van der Waals surface area (Å²) in [6.45, 7) is 4.98. The standard InChI is InChI=1S/C19H22N6/c1-14-4-5-17(15(2)12-14)22-19-23-18(13-21-24-19)25(3)11-8-16-6-9-20-10-7-16/h4-7,9-10,12-13H,8,11H2,1-3H3,(H,22,23,24). The summed E-state index contributed by atoms with van der Waals surface area (Å²) in [6.07, 6.45) is 6.23. The largest absolute Gasteiger partial charge is 0.358 e. The molecular weight excluding hydrogens is 312 g/mol. The van der Waals surface area contributed by atoms with Gasteiger partial charge in [0, 0.05) is 31.7 Å². The minimum absolute atomic E-state index is 0.500. The Bertz CT molecular complexity index is 834. The zero-order chi connectivity index (χ0) is 17.6. The van der Waals surface area contributed by atoms with Crippen molar-refractivity contribution in [2.45, 2.75) is 20.3 Å². The minimum atomic E-state index is 0.500. The van der Waals surface area contributed by atoms with Crippen LogP contribution in [0.2, 0.25) is 0 Å². The highest BCUT2D eigenvalue weighted by atomic mass is 15.3. The van der Waals surface area contributed by atoms with E-state index >= 15 is 0 Å². The highest BCUT2D eigenvalue weighted by Gasteiger charge is 2.07. The predicted octanol–water partition coefficient (Wildman–Crippen LogP) is 3.31. The molecule has 0 spiro atoms. The normalized spacial score (nSPS) is 10.5. The first-order valence-corrected chi connectivity index (χ1v) is 8.26. The topological polar surface area (TPSA) is 66.8 Å².